The first-order chi connectivity index (χ1) is 12.5. The third-order valence-electron chi connectivity index (χ3n) is 4.39. The quantitative estimate of drug-likeness (QED) is 0.607. The van der Waals surface area contributed by atoms with E-state index < -0.39 is 5.82 Å². The third kappa shape index (κ3) is 3.00. The Balaban J connectivity index is 1.84. The molecule has 0 amide bonds. The van der Waals surface area contributed by atoms with Gasteiger partial charge in [-0.2, -0.15) is 0 Å². The normalized spacial score (nSPS) is 14.3. The molecule has 26 heavy (non-hydrogen) atoms. The summed E-state index contributed by atoms with van der Waals surface area (Å²) in [7, 11) is 1.56. The molecule has 4 rings (SSSR count). The van der Waals surface area contributed by atoms with Crippen molar-refractivity contribution in [3.8, 4) is 5.75 Å². The van der Waals surface area contributed by atoms with Gasteiger partial charge in [-0.3, -0.25) is 0 Å². The molecule has 2 heterocycles. The molecule has 8 heteroatoms. The molecular formula is C18H17ClFN5O. The summed E-state index contributed by atoms with van der Waals surface area (Å²) in [5, 5.41) is 7.21. The number of aromatic nitrogens is 2. The standard InChI is InChI=1S/C18H17ClFN5O/c1-26-16-6-15-11(5-14(16)21)18(25-17(24-15)9-7-22-8-9)23-10-2-3-13(20)12(19)4-10/h2-6,9,22H,7-8,21H2,1H3,(H,23,24,25). The molecule has 1 fully saturated rings. The van der Waals surface area contributed by atoms with E-state index in [1.807, 2.05) is 0 Å². The van der Waals surface area contributed by atoms with Crippen LogP contribution in [0.3, 0.4) is 0 Å². The highest BCUT2D eigenvalue weighted by molar-refractivity contribution is 6.31. The van der Waals surface area contributed by atoms with Crippen LogP contribution < -0.4 is 21.1 Å². The largest absolute Gasteiger partial charge is 0.495 e. The fraction of sp³-hybridized carbons (Fsp3) is 0.222. The van der Waals surface area contributed by atoms with Gasteiger partial charge < -0.3 is 21.1 Å². The molecule has 0 aliphatic carbocycles. The van der Waals surface area contributed by atoms with Gasteiger partial charge in [-0.05, 0) is 24.3 Å². The molecule has 134 valence electrons. The zero-order chi connectivity index (χ0) is 18.3. The highest BCUT2D eigenvalue weighted by Crippen LogP contribution is 2.33. The maximum Gasteiger partial charge on any atom is 0.143 e. The van der Waals surface area contributed by atoms with Gasteiger partial charge in [0.05, 0.1) is 23.3 Å². The number of anilines is 3. The van der Waals surface area contributed by atoms with Crippen molar-refractivity contribution in [2.24, 2.45) is 0 Å². The van der Waals surface area contributed by atoms with Gasteiger partial charge in [-0.1, -0.05) is 11.6 Å². The lowest BCUT2D eigenvalue weighted by molar-refractivity contribution is 0.417. The van der Waals surface area contributed by atoms with E-state index >= 15 is 0 Å². The van der Waals surface area contributed by atoms with Crippen LogP contribution in [-0.2, 0) is 0 Å². The van der Waals surface area contributed by atoms with Gasteiger partial charge >= 0.3 is 0 Å². The van der Waals surface area contributed by atoms with Crippen molar-refractivity contribution in [2.75, 3.05) is 31.2 Å². The summed E-state index contributed by atoms with van der Waals surface area (Å²) in [6.45, 7) is 1.67. The minimum Gasteiger partial charge on any atom is -0.495 e. The van der Waals surface area contributed by atoms with E-state index in [9.17, 15) is 4.39 Å². The van der Waals surface area contributed by atoms with Crippen molar-refractivity contribution in [3.63, 3.8) is 0 Å². The average Bonchev–Trinajstić information content (AvgIpc) is 2.57. The Labute approximate surface area is 154 Å². The van der Waals surface area contributed by atoms with Crippen LogP contribution in [-0.4, -0.2) is 30.2 Å². The van der Waals surface area contributed by atoms with Crippen molar-refractivity contribution in [1.82, 2.24) is 15.3 Å². The summed E-state index contributed by atoms with van der Waals surface area (Å²) < 4.78 is 18.7. The first kappa shape index (κ1) is 16.8. The van der Waals surface area contributed by atoms with E-state index in [4.69, 9.17) is 22.1 Å². The molecule has 3 aromatic rings. The summed E-state index contributed by atoms with van der Waals surface area (Å²) in [4.78, 5) is 9.34. The molecule has 0 radical (unpaired) electrons. The van der Waals surface area contributed by atoms with E-state index in [-0.39, 0.29) is 10.9 Å². The SMILES string of the molecule is COc1cc2nc(C3CNC3)nc(Nc3ccc(F)c(Cl)c3)c2cc1N. The summed E-state index contributed by atoms with van der Waals surface area (Å²) >= 11 is 5.88. The second-order valence-electron chi connectivity index (χ2n) is 6.15. The van der Waals surface area contributed by atoms with E-state index in [2.05, 4.69) is 20.6 Å². The van der Waals surface area contributed by atoms with Crippen LogP contribution in [0, 0.1) is 5.82 Å². The number of ether oxygens (including phenoxy) is 1. The fourth-order valence-corrected chi connectivity index (χ4v) is 3.01. The van der Waals surface area contributed by atoms with Gasteiger partial charge in [-0.15, -0.1) is 0 Å². The highest BCUT2D eigenvalue weighted by atomic mass is 35.5. The van der Waals surface area contributed by atoms with Crippen molar-refractivity contribution in [3.05, 3.63) is 47.0 Å². The molecule has 0 unspecified atom stereocenters. The Kier molecular flexibility index (Phi) is 4.26. The fourth-order valence-electron chi connectivity index (χ4n) is 2.83. The minimum absolute atomic E-state index is 0.0398. The number of nitrogens with zero attached hydrogens (tertiary/aromatic N) is 2. The maximum atomic E-state index is 13.4. The third-order valence-corrected chi connectivity index (χ3v) is 4.68. The van der Waals surface area contributed by atoms with Crippen LogP contribution in [0.4, 0.5) is 21.6 Å². The maximum absolute atomic E-state index is 13.4. The predicted octanol–water partition coefficient (Wildman–Crippen LogP) is 3.44. The van der Waals surface area contributed by atoms with Crippen LogP contribution in [0.5, 0.6) is 5.75 Å². The number of nitrogen functional groups attached to an aromatic ring is 1. The smallest absolute Gasteiger partial charge is 0.143 e. The number of benzene rings is 2. The second-order valence-corrected chi connectivity index (χ2v) is 6.56. The first-order valence-corrected chi connectivity index (χ1v) is 8.51. The van der Waals surface area contributed by atoms with Crippen LogP contribution in [0.15, 0.2) is 30.3 Å². The van der Waals surface area contributed by atoms with Gasteiger partial charge in [0.1, 0.15) is 23.2 Å². The molecule has 0 atom stereocenters. The van der Waals surface area contributed by atoms with E-state index in [1.54, 1.807) is 25.3 Å². The summed E-state index contributed by atoms with van der Waals surface area (Å²) in [6.07, 6.45) is 0. The van der Waals surface area contributed by atoms with Gasteiger partial charge in [-0.25, -0.2) is 14.4 Å². The van der Waals surface area contributed by atoms with Crippen molar-refractivity contribution >= 4 is 39.7 Å². The van der Waals surface area contributed by atoms with Crippen LogP contribution in [0.2, 0.25) is 5.02 Å². The summed E-state index contributed by atoms with van der Waals surface area (Å²) in [5.41, 5.74) is 7.89. The molecule has 4 N–H and O–H groups in total. The molecule has 1 aromatic heterocycles. The molecule has 1 aliphatic heterocycles. The average molecular weight is 374 g/mol. The number of halogens is 2. The van der Waals surface area contributed by atoms with Crippen molar-refractivity contribution in [1.29, 1.82) is 0 Å². The van der Waals surface area contributed by atoms with E-state index in [0.717, 1.165) is 29.8 Å². The lowest BCUT2D eigenvalue weighted by atomic mass is 10.0. The number of hydrogen-bond acceptors (Lipinski definition) is 6. The second kappa shape index (κ2) is 6.59. The van der Waals surface area contributed by atoms with Crippen molar-refractivity contribution < 1.29 is 9.13 Å². The number of fused-ring (bicyclic) bond motifs is 1. The molecule has 0 spiro atoms. The van der Waals surface area contributed by atoms with Gasteiger partial charge in [0, 0.05) is 36.1 Å². The number of hydrogen-bond donors (Lipinski definition) is 3. The number of nitrogens with two attached hydrogens (primary N) is 1. The molecule has 1 aliphatic rings. The Bertz CT molecular complexity index is 993. The topological polar surface area (TPSA) is 85.1 Å². The molecule has 0 bridgehead atoms. The van der Waals surface area contributed by atoms with Crippen LogP contribution >= 0.6 is 11.6 Å². The lowest BCUT2D eigenvalue weighted by Gasteiger charge is -2.26. The minimum atomic E-state index is -0.472. The Morgan fingerprint density at radius 1 is 1.27 bits per heavy atom. The van der Waals surface area contributed by atoms with Crippen molar-refractivity contribution in [2.45, 2.75) is 5.92 Å². The Hall–Kier alpha value is -2.64. The van der Waals surface area contributed by atoms with Gasteiger partial charge in [0.2, 0.25) is 0 Å². The highest BCUT2D eigenvalue weighted by Gasteiger charge is 2.23. The number of rotatable bonds is 4. The number of methoxy groups -OCH3 is 1. The summed E-state index contributed by atoms with van der Waals surface area (Å²) in [6, 6.07) is 7.99. The molecule has 6 nitrogen and oxygen atoms in total. The monoisotopic (exact) mass is 373 g/mol. The predicted molar refractivity (Wildman–Crippen MR) is 101 cm³/mol. The van der Waals surface area contributed by atoms with Crippen LogP contribution in [0.1, 0.15) is 11.7 Å². The molecule has 0 saturated carbocycles. The summed E-state index contributed by atoms with van der Waals surface area (Å²) in [5.74, 6) is 1.66. The zero-order valence-corrected chi connectivity index (χ0v) is 14.8. The first-order valence-electron chi connectivity index (χ1n) is 8.13. The Morgan fingerprint density at radius 2 is 2.08 bits per heavy atom. The molecule has 2 aromatic carbocycles. The van der Waals surface area contributed by atoms with Crippen LogP contribution in [0.25, 0.3) is 10.9 Å². The number of nitrogens with one attached hydrogen (secondary N) is 2. The lowest BCUT2D eigenvalue weighted by Crippen LogP contribution is -2.40. The van der Waals surface area contributed by atoms with E-state index in [0.29, 0.717) is 22.9 Å². The molecular weight excluding hydrogens is 357 g/mol. The van der Waals surface area contributed by atoms with Gasteiger partial charge in [0.25, 0.3) is 0 Å². The zero-order valence-electron chi connectivity index (χ0n) is 14.0. The van der Waals surface area contributed by atoms with Gasteiger partial charge in [0.15, 0.2) is 0 Å². The molecule has 1 saturated heterocycles. The van der Waals surface area contributed by atoms with E-state index in [1.165, 1.54) is 12.1 Å². The Morgan fingerprint density at radius 3 is 2.73 bits per heavy atom.